The molecule has 6 heteroatoms. The number of hydrogen-bond donors (Lipinski definition) is 0. The number of rotatable bonds is 4. The average Bonchev–Trinajstić information content (AvgIpc) is 2.69. The number of hydrogen-bond acceptors (Lipinski definition) is 2. The van der Waals surface area contributed by atoms with E-state index in [0.29, 0.717) is 11.2 Å². The van der Waals surface area contributed by atoms with Crippen LogP contribution in [0.5, 0.6) is 0 Å². The number of allylic oxidation sites excluding steroid dienone is 4. The van der Waals surface area contributed by atoms with E-state index < -0.39 is 7.68 Å². The first kappa shape index (κ1) is 20.1. The van der Waals surface area contributed by atoms with Crippen molar-refractivity contribution in [2.45, 2.75) is 19.8 Å². The van der Waals surface area contributed by atoms with Crippen LogP contribution in [0.2, 0.25) is 0 Å². The second-order valence-electron chi connectivity index (χ2n) is 4.36. The van der Waals surface area contributed by atoms with Crippen molar-refractivity contribution in [2.75, 3.05) is 0 Å². The van der Waals surface area contributed by atoms with Gasteiger partial charge in [0.05, 0.1) is 0 Å². The molecule has 20 heavy (non-hydrogen) atoms. The second kappa shape index (κ2) is 9.16. The van der Waals surface area contributed by atoms with E-state index in [-0.39, 0.29) is 24.8 Å². The first-order valence-corrected chi connectivity index (χ1v) is 8.43. The summed E-state index contributed by atoms with van der Waals surface area (Å²) in [6.07, 6.45) is 4.04. The maximum atomic E-state index is 11.4. The van der Waals surface area contributed by atoms with Crippen molar-refractivity contribution in [1.82, 2.24) is 0 Å². The Morgan fingerprint density at radius 2 is 1.75 bits per heavy atom. The number of halogens is 2. The summed E-state index contributed by atoms with van der Waals surface area (Å²) in [5.74, 6) is 0.311. The standard InChI is InChI=1S/C14H14O2P.2ClH.Zr/c1-2-6-11-9-13(14(10-11)17(15)16)12-7-4-3-5-8-12;;;/h3-5,7-8,10-11H,2,6H2,1H3;2*1H;. The average molecular weight is 409 g/mol. The molecule has 0 spiro atoms. The summed E-state index contributed by atoms with van der Waals surface area (Å²) >= 11 is 1.31. The first-order valence-electron chi connectivity index (χ1n) is 6.03. The van der Waals surface area contributed by atoms with Crippen LogP contribution in [0.3, 0.4) is 0 Å². The third-order valence-corrected chi connectivity index (χ3v) is 5.41. The summed E-state index contributed by atoms with van der Waals surface area (Å²) < 4.78 is 24.1. The molecule has 1 aromatic carbocycles. The molecular formula is C14H16Cl2O2PZr. The summed E-state index contributed by atoms with van der Waals surface area (Å²) in [4.78, 5) is 0. The van der Waals surface area contributed by atoms with E-state index in [4.69, 9.17) is 0 Å². The normalized spacial score (nSPS) is 17.0. The van der Waals surface area contributed by atoms with Crippen LogP contribution in [0.4, 0.5) is 0 Å². The van der Waals surface area contributed by atoms with Gasteiger partial charge in [-0.25, -0.2) is 0 Å². The second-order valence-corrected chi connectivity index (χ2v) is 6.68. The summed E-state index contributed by atoms with van der Waals surface area (Å²) in [6, 6.07) is 9.83. The van der Waals surface area contributed by atoms with E-state index in [1.165, 1.54) is 28.0 Å². The van der Waals surface area contributed by atoms with Crippen LogP contribution in [0, 0.1) is 5.92 Å². The molecular weight excluding hydrogens is 393 g/mol. The Morgan fingerprint density at radius 1 is 1.15 bits per heavy atom. The van der Waals surface area contributed by atoms with Crippen molar-refractivity contribution in [1.29, 1.82) is 0 Å². The molecule has 1 atom stereocenters. The molecule has 0 fully saturated rings. The number of benzene rings is 1. The van der Waals surface area contributed by atoms with Gasteiger partial charge < -0.3 is 0 Å². The van der Waals surface area contributed by atoms with Crippen molar-refractivity contribution < 1.29 is 33.8 Å². The van der Waals surface area contributed by atoms with E-state index in [1.807, 2.05) is 36.4 Å². The molecule has 0 saturated heterocycles. The molecule has 1 aromatic rings. The van der Waals surface area contributed by atoms with Crippen LogP contribution in [-0.4, -0.2) is 0 Å². The molecule has 2 rings (SSSR count). The Hall–Kier alpha value is 0.0631. The zero-order valence-electron chi connectivity index (χ0n) is 11.0. The Labute approximate surface area is 147 Å². The van der Waals surface area contributed by atoms with Gasteiger partial charge in [0.15, 0.2) is 0 Å². The third-order valence-electron chi connectivity index (χ3n) is 3.11. The van der Waals surface area contributed by atoms with Crippen molar-refractivity contribution >= 4 is 38.1 Å². The van der Waals surface area contributed by atoms with Crippen LogP contribution < -0.4 is 0 Å². The van der Waals surface area contributed by atoms with Crippen LogP contribution in [0.25, 0.3) is 5.57 Å². The monoisotopic (exact) mass is 407 g/mol. The van der Waals surface area contributed by atoms with Gasteiger partial charge in [0, 0.05) is 0 Å². The van der Waals surface area contributed by atoms with Crippen LogP contribution in [0.15, 0.2) is 45.0 Å². The quantitative estimate of drug-likeness (QED) is 0.635. The van der Waals surface area contributed by atoms with Crippen molar-refractivity contribution in [3.8, 4) is 0 Å². The van der Waals surface area contributed by atoms with Gasteiger partial charge in [-0.2, -0.15) is 0 Å². The maximum absolute atomic E-state index is 11.4. The fourth-order valence-electron chi connectivity index (χ4n) is 2.28. The van der Waals surface area contributed by atoms with E-state index in [0.717, 1.165) is 24.0 Å². The molecule has 0 heterocycles. The van der Waals surface area contributed by atoms with E-state index in [1.54, 1.807) is 0 Å². The van der Waals surface area contributed by atoms with Gasteiger partial charge in [0.1, 0.15) is 0 Å². The van der Waals surface area contributed by atoms with Crippen molar-refractivity contribution in [3.63, 3.8) is 0 Å². The zero-order valence-corrected chi connectivity index (χ0v) is 16.0. The zero-order chi connectivity index (χ0) is 13.1. The SMILES string of the molecule is CCCC1C=C(P(=O)=O)C(c2ccccc2)=[C]1[Zr].Cl.Cl. The molecule has 0 bridgehead atoms. The van der Waals surface area contributed by atoms with Gasteiger partial charge in [-0.3, -0.25) is 0 Å². The molecule has 0 amide bonds. The Bertz CT molecular complexity index is 572. The van der Waals surface area contributed by atoms with Gasteiger partial charge in [-0.05, 0) is 0 Å². The molecule has 0 radical (unpaired) electrons. The smallest absolute Gasteiger partial charge is 0.147 e. The summed E-state index contributed by atoms with van der Waals surface area (Å²) in [5.41, 5.74) is 1.97. The third kappa shape index (κ3) is 4.28. The van der Waals surface area contributed by atoms with Gasteiger partial charge in [0.2, 0.25) is 0 Å². The van der Waals surface area contributed by atoms with Crippen LogP contribution >= 0.6 is 32.5 Å². The minimum Gasteiger partial charge on any atom is -0.147 e. The Kier molecular flexibility index (Phi) is 9.19. The van der Waals surface area contributed by atoms with E-state index >= 15 is 0 Å². The van der Waals surface area contributed by atoms with E-state index in [2.05, 4.69) is 6.92 Å². The molecule has 0 aliphatic heterocycles. The molecule has 1 unspecified atom stereocenters. The predicted octanol–water partition coefficient (Wildman–Crippen LogP) is 5.27. The Balaban J connectivity index is 0.00000180. The minimum absolute atomic E-state index is 0. The Morgan fingerprint density at radius 3 is 2.25 bits per heavy atom. The van der Waals surface area contributed by atoms with Crippen LogP contribution in [0.1, 0.15) is 25.3 Å². The topological polar surface area (TPSA) is 34.1 Å². The molecule has 2 nitrogen and oxygen atoms in total. The summed E-state index contributed by atoms with van der Waals surface area (Å²) in [5, 5.41) is 0.515. The van der Waals surface area contributed by atoms with Gasteiger partial charge in [-0.15, -0.1) is 24.8 Å². The maximum Gasteiger partial charge on any atom is -0.147 e. The molecule has 1 aliphatic carbocycles. The summed E-state index contributed by atoms with van der Waals surface area (Å²) in [6.45, 7) is 2.13. The molecule has 0 aromatic heterocycles. The minimum atomic E-state index is -2.51. The summed E-state index contributed by atoms with van der Waals surface area (Å²) in [7, 11) is -2.51. The van der Waals surface area contributed by atoms with Crippen molar-refractivity contribution in [2.24, 2.45) is 5.92 Å². The first-order chi connectivity index (χ1) is 8.65. The molecule has 0 saturated carbocycles. The molecule has 0 N–H and O–H groups in total. The molecule has 107 valence electrons. The van der Waals surface area contributed by atoms with Crippen molar-refractivity contribution in [3.05, 3.63) is 50.6 Å². The van der Waals surface area contributed by atoms with E-state index in [9.17, 15) is 9.13 Å². The van der Waals surface area contributed by atoms with Crippen LogP contribution in [-0.2, 0) is 33.8 Å². The van der Waals surface area contributed by atoms with Gasteiger partial charge >= 0.3 is 123 Å². The fraction of sp³-hybridized carbons (Fsp3) is 0.286. The van der Waals surface area contributed by atoms with Gasteiger partial charge in [0.25, 0.3) is 0 Å². The fourth-order valence-corrected chi connectivity index (χ4v) is 4.52. The predicted molar refractivity (Wildman–Crippen MR) is 82.6 cm³/mol. The largest absolute Gasteiger partial charge is 0.147 e. The van der Waals surface area contributed by atoms with Gasteiger partial charge in [-0.1, -0.05) is 0 Å². The molecule has 1 aliphatic rings.